The molecular weight excluding hydrogens is 497 g/mol. The van der Waals surface area contributed by atoms with Crippen LogP contribution in [0.5, 0.6) is 0 Å². The van der Waals surface area contributed by atoms with E-state index in [1.807, 2.05) is 103 Å². The van der Waals surface area contributed by atoms with Crippen molar-refractivity contribution in [3.63, 3.8) is 0 Å². The number of hydrogen-bond acceptors (Lipinski definition) is 2. The third-order valence-corrected chi connectivity index (χ3v) is 10.4. The molecule has 2 amide bonds. The third-order valence-electron chi connectivity index (χ3n) is 6.47. The lowest BCUT2D eigenvalue weighted by Crippen LogP contribution is -2.39. The highest BCUT2D eigenvalue weighted by atomic mass is 31.2. The van der Waals surface area contributed by atoms with E-state index in [1.165, 1.54) is 11.0 Å². The third kappa shape index (κ3) is 5.75. The fourth-order valence-corrected chi connectivity index (χ4v) is 8.35. The monoisotopic (exact) mass is 525 g/mol. The van der Waals surface area contributed by atoms with Crippen molar-refractivity contribution >= 4 is 52.2 Å². The van der Waals surface area contributed by atoms with Crippen molar-refractivity contribution in [1.82, 2.24) is 0 Å². The molecule has 190 valence electrons. The second-order valence-electron chi connectivity index (χ2n) is 8.95. The summed E-state index contributed by atoms with van der Waals surface area (Å²) in [5.74, 6) is 1.02. The Balaban J connectivity index is 1.72. The molecule has 0 spiro atoms. The van der Waals surface area contributed by atoms with Crippen molar-refractivity contribution < 1.29 is 9.59 Å². The van der Waals surface area contributed by atoms with Crippen molar-refractivity contribution in [2.45, 2.75) is 0 Å². The topological polar surface area (TPSA) is 37.4 Å². The van der Waals surface area contributed by atoms with Crippen molar-refractivity contribution in [3.05, 3.63) is 163 Å². The van der Waals surface area contributed by atoms with Gasteiger partial charge in [0.2, 0.25) is 0 Å². The van der Waals surface area contributed by atoms with E-state index in [2.05, 4.69) is 36.4 Å². The van der Waals surface area contributed by atoms with Gasteiger partial charge in [0.25, 0.3) is 11.8 Å². The van der Waals surface area contributed by atoms with Crippen molar-refractivity contribution in [3.8, 4) is 0 Å². The van der Waals surface area contributed by atoms with Crippen LogP contribution in [0.1, 0.15) is 5.56 Å². The number of rotatable bonds is 7. The highest BCUT2D eigenvalue weighted by Gasteiger charge is 2.29. The average Bonchev–Trinajstić information content (AvgIpc) is 3.01. The lowest BCUT2D eigenvalue weighted by Gasteiger charge is -2.29. The van der Waals surface area contributed by atoms with E-state index < -0.39 is 12.8 Å². The molecule has 0 saturated carbocycles. The largest absolute Gasteiger partial charge is 0.269 e. The number of nitrogens with zero attached hydrogens (tertiary/aromatic N) is 1. The number of imide groups is 1. The molecule has 4 heteroatoms. The average molecular weight is 526 g/mol. The van der Waals surface area contributed by atoms with E-state index in [9.17, 15) is 9.59 Å². The van der Waals surface area contributed by atoms with Crippen LogP contribution in [0.3, 0.4) is 0 Å². The Morgan fingerprint density at radius 1 is 0.487 bits per heavy atom. The summed E-state index contributed by atoms with van der Waals surface area (Å²) in [7, 11) is 0. The van der Waals surface area contributed by atoms with Crippen LogP contribution < -0.4 is 20.8 Å². The number of para-hydroxylation sites is 1. The van der Waals surface area contributed by atoms with Crippen molar-refractivity contribution in [2.24, 2.45) is 0 Å². The van der Waals surface area contributed by atoms with E-state index in [-0.39, 0.29) is 5.91 Å². The molecule has 3 nitrogen and oxygen atoms in total. The molecule has 39 heavy (non-hydrogen) atoms. The van der Waals surface area contributed by atoms with Gasteiger partial charge in [-0.3, -0.25) is 9.59 Å². The highest BCUT2D eigenvalue weighted by molar-refractivity contribution is 7.95. The van der Waals surface area contributed by atoms with E-state index in [0.717, 1.165) is 21.5 Å². The predicted octanol–water partition coefficient (Wildman–Crippen LogP) is 6.06. The number of anilines is 1. The zero-order valence-corrected chi connectivity index (χ0v) is 22.3. The Morgan fingerprint density at radius 2 is 0.872 bits per heavy atom. The molecule has 0 fully saturated rings. The molecule has 0 atom stereocenters. The predicted molar refractivity (Wildman–Crippen MR) is 166 cm³/mol. The number of carbonyl (C=O) groups excluding carboxylic acids is 2. The standard InChI is InChI=1S/C35H28NO2P/c37-34(27-26-29-16-6-1-7-17-29)36(30-18-8-2-9-19-30)35(38)28-39(31-20-10-3-11-21-31,32-22-12-4-13-23-32)33-24-14-5-15-25-33/h1-28H/b27-26+. The zero-order valence-electron chi connectivity index (χ0n) is 21.4. The van der Waals surface area contributed by atoms with Gasteiger partial charge in [0.15, 0.2) is 0 Å². The molecule has 0 aliphatic heterocycles. The van der Waals surface area contributed by atoms with Gasteiger partial charge < -0.3 is 0 Å². The molecule has 5 aromatic rings. The van der Waals surface area contributed by atoms with Gasteiger partial charge in [0.05, 0.1) is 5.69 Å². The number of hydrogen-bond donors (Lipinski definition) is 0. The number of benzene rings is 5. The summed E-state index contributed by atoms with van der Waals surface area (Å²) in [6.07, 6.45) is 3.20. The van der Waals surface area contributed by atoms with Crippen LogP contribution in [0.2, 0.25) is 0 Å². The minimum absolute atomic E-state index is 0.367. The Kier molecular flexibility index (Phi) is 8.12. The molecule has 0 aromatic heterocycles. The Hall–Kier alpha value is -4.72. The molecule has 5 aromatic carbocycles. The van der Waals surface area contributed by atoms with E-state index >= 15 is 0 Å². The lowest BCUT2D eigenvalue weighted by molar-refractivity contribution is -0.120. The first kappa shape index (κ1) is 25.9. The molecule has 0 unspecified atom stereocenters. The van der Waals surface area contributed by atoms with E-state index in [1.54, 1.807) is 24.0 Å². The molecule has 0 aliphatic carbocycles. The summed E-state index contributed by atoms with van der Waals surface area (Å²) in [6.45, 7) is -2.59. The summed E-state index contributed by atoms with van der Waals surface area (Å²) in [5.41, 5.74) is 1.41. The van der Waals surface area contributed by atoms with Crippen LogP contribution in [-0.4, -0.2) is 17.6 Å². The molecule has 0 N–H and O–H groups in total. The Labute approximate surface area is 229 Å². The molecule has 0 heterocycles. The van der Waals surface area contributed by atoms with Gasteiger partial charge in [-0.05, 0) is 46.6 Å². The summed E-state index contributed by atoms with van der Waals surface area (Å²) in [5, 5.41) is 3.11. The first-order valence-electron chi connectivity index (χ1n) is 12.8. The maximum atomic E-state index is 14.4. The SMILES string of the molecule is O=C(C=P(c1ccccc1)(c1ccccc1)c1ccccc1)N(C(=O)/C=C/c1ccccc1)c1ccccc1. The summed E-state index contributed by atoms with van der Waals surface area (Å²) >= 11 is 0. The lowest BCUT2D eigenvalue weighted by atomic mass is 10.2. The van der Waals surface area contributed by atoms with Crippen molar-refractivity contribution in [1.29, 1.82) is 0 Å². The Morgan fingerprint density at radius 3 is 1.31 bits per heavy atom. The quantitative estimate of drug-likeness (QED) is 0.192. The minimum atomic E-state index is -2.59. The normalized spacial score (nSPS) is 11.2. The van der Waals surface area contributed by atoms with Crippen LogP contribution in [0.4, 0.5) is 5.69 Å². The zero-order chi connectivity index (χ0) is 26.9. The fourth-order valence-electron chi connectivity index (χ4n) is 4.63. The summed E-state index contributed by atoms with van der Waals surface area (Å²) in [4.78, 5) is 29.3. The highest BCUT2D eigenvalue weighted by Crippen LogP contribution is 2.43. The molecule has 5 rings (SSSR count). The van der Waals surface area contributed by atoms with Crippen LogP contribution in [0, 0.1) is 0 Å². The maximum Gasteiger partial charge on any atom is 0.259 e. The van der Waals surface area contributed by atoms with Gasteiger partial charge >= 0.3 is 0 Å². The molecule has 0 bridgehead atoms. The fraction of sp³-hybridized carbons (Fsp3) is 0. The van der Waals surface area contributed by atoms with Gasteiger partial charge in [-0.25, -0.2) is 4.90 Å². The van der Waals surface area contributed by atoms with Crippen LogP contribution >= 0.6 is 6.89 Å². The van der Waals surface area contributed by atoms with Crippen LogP contribution in [0.25, 0.3) is 6.08 Å². The smallest absolute Gasteiger partial charge is 0.259 e. The number of carbonyl (C=O) groups is 2. The molecule has 0 radical (unpaired) electrons. The Bertz CT molecular complexity index is 1510. The molecular formula is C35H28NO2P. The van der Waals surface area contributed by atoms with E-state index in [0.29, 0.717) is 5.69 Å². The maximum absolute atomic E-state index is 14.4. The van der Waals surface area contributed by atoms with Gasteiger partial charge in [-0.1, -0.05) is 140 Å². The second kappa shape index (κ2) is 12.2. The number of amides is 2. The summed E-state index contributed by atoms with van der Waals surface area (Å²) in [6, 6.07) is 49.0. The van der Waals surface area contributed by atoms with Crippen LogP contribution in [0.15, 0.2) is 158 Å². The minimum Gasteiger partial charge on any atom is -0.269 e. The molecule has 0 aliphatic rings. The first-order chi connectivity index (χ1) is 19.2. The van der Waals surface area contributed by atoms with E-state index in [4.69, 9.17) is 0 Å². The van der Waals surface area contributed by atoms with Gasteiger partial charge in [-0.2, -0.15) is 0 Å². The summed E-state index contributed by atoms with van der Waals surface area (Å²) < 4.78 is 0. The van der Waals surface area contributed by atoms with Gasteiger partial charge in [-0.15, -0.1) is 0 Å². The molecule has 0 saturated heterocycles. The van der Waals surface area contributed by atoms with Gasteiger partial charge in [0, 0.05) is 11.9 Å². The second-order valence-corrected chi connectivity index (χ2v) is 12.2. The van der Waals surface area contributed by atoms with Gasteiger partial charge in [0.1, 0.15) is 0 Å². The van der Waals surface area contributed by atoms with Crippen LogP contribution in [-0.2, 0) is 9.59 Å². The van der Waals surface area contributed by atoms with Crippen molar-refractivity contribution in [2.75, 3.05) is 4.90 Å². The first-order valence-corrected chi connectivity index (χ1v) is 14.6.